The second-order valence-electron chi connectivity index (χ2n) is 10.3. The van der Waals surface area contributed by atoms with E-state index in [1.807, 2.05) is 45.0 Å². The van der Waals surface area contributed by atoms with Crippen LogP contribution in [0.15, 0.2) is 24.3 Å². The lowest BCUT2D eigenvalue weighted by molar-refractivity contribution is -0.117. The van der Waals surface area contributed by atoms with Gasteiger partial charge in [-0.15, -0.1) is 0 Å². The largest absolute Gasteiger partial charge is 0.444 e. The van der Waals surface area contributed by atoms with E-state index in [1.165, 1.54) is 37.7 Å². The smallest absolute Gasteiger partial charge is 0.408 e. The van der Waals surface area contributed by atoms with Crippen LogP contribution in [0.25, 0.3) is 0 Å². The fraction of sp³-hybridized carbons (Fsp3) is 0.692. The van der Waals surface area contributed by atoms with Gasteiger partial charge in [0, 0.05) is 31.1 Å². The quantitative estimate of drug-likeness (QED) is 0.523. The third-order valence-electron chi connectivity index (χ3n) is 6.10. The summed E-state index contributed by atoms with van der Waals surface area (Å²) in [6, 6.07) is 7.27. The van der Waals surface area contributed by atoms with E-state index in [-0.39, 0.29) is 5.91 Å². The number of alkyl carbamates (subject to hydrolysis) is 1. The van der Waals surface area contributed by atoms with E-state index in [2.05, 4.69) is 15.5 Å². The minimum Gasteiger partial charge on any atom is -0.444 e. The molecule has 1 saturated heterocycles. The average molecular weight is 492 g/mol. The summed E-state index contributed by atoms with van der Waals surface area (Å²) >= 11 is 1.74. The number of carbonyl (C=O) groups is 2. The van der Waals surface area contributed by atoms with Crippen LogP contribution >= 0.6 is 11.8 Å². The molecule has 0 spiro atoms. The maximum atomic E-state index is 13.1. The zero-order valence-electron chi connectivity index (χ0n) is 20.9. The standard InChI is InChI=1S/C26H41N3O4S/c1-26(2,3)33-25(31)28-23(19-34-18-21-7-5-4-6-8-21)24(30)27-22-11-9-20(10-12-22)17-29-13-15-32-16-14-29/h9-12,21,23H,4-8,13-19H2,1-3H3,(H,27,30)(H,28,31)/t23-/m0/s1. The molecule has 2 amide bonds. The first-order valence-corrected chi connectivity index (χ1v) is 13.7. The minimum absolute atomic E-state index is 0.220. The molecule has 8 heteroatoms. The van der Waals surface area contributed by atoms with Crippen molar-refractivity contribution in [2.45, 2.75) is 71.1 Å². The summed E-state index contributed by atoms with van der Waals surface area (Å²) in [4.78, 5) is 27.8. The van der Waals surface area contributed by atoms with Crippen LogP contribution in [0.4, 0.5) is 10.5 Å². The third kappa shape index (κ3) is 9.84. The molecule has 1 heterocycles. The van der Waals surface area contributed by atoms with Crippen molar-refractivity contribution in [3.8, 4) is 0 Å². The highest BCUT2D eigenvalue weighted by atomic mass is 32.2. The van der Waals surface area contributed by atoms with Crippen LogP contribution in [0.3, 0.4) is 0 Å². The van der Waals surface area contributed by atoms with Gasteiger partial charge in [-0.3, -0.25) is 9.69 Å². The lowest BCUT2D eigenvalue weighted by atomic mass is 9.91. The molecular weight excluding hydrogens is 450 g/mol. The molecular formula is C26H41N3O4S. The van der Waals surface area contributed by atoms with Crippen LogP contribution in [0.1, 0.15) is 58.4 Å². The molecule has 1 aliphatic carbocycles. The Kier molecular flexibility index (Phi) is 10.5. The van der Waals surface area contributed by atoms with Crippen molar-refractivity contribution in [3.05, 3.63) is 29.8 Å². The summed E-state index contributed by atoms with van der Waals surface area (Å²) in [6.07, 6.45) is 5.89. The number of anilines is 1. The highest BCUT2D eigenvalue weighted by Crippen LogP contribution is 2.27. The van der Waals surface area contributed by atoms with Crippen LogP contribution in [0.5, 0.6) is 0 Å². The van der Waals surface area contributed by atoms with Gasteiger partial charge in [-0.25, -0.2) is 4.79 Å². The maximum absolute atomic E-state index is 13.1. The van der Waals surface area contributed by atoms with Crippen molar-refractivity contribution in [3.63, 3.8) is 0 Å². The number of carbonyl (C=O) groups excluding carboxylic acids is 2. The Hall–Kier alpha value is -1.77. The highest BCUT2D eigenvalue weighted by Gasteiger charge is 2.25. The number of hydrogen-bond donors (Lipinski definition) is 2. The van der Waals surface area contributed by atoms with Gasteiger partial charge < -0.3 is 20.1 Å². The monoisotopic (exact) mass is 491 g/mol. The number of thioether (sulfide) groups is 1. The number of hydrogen-bond acceptors (Lipinski definition) is 6. The third-order valence-corrected chi connectivity index (χ3v) is 7.38. The Balaban J connectivity index is 1.54. The molecule has 2 fully saturated rings. The fourth-order valence-corrected chi connectivity index (χ4v) is 5.55. The van der Waals surface area contributed by atoms with Crippen LogP contribution in [-0.2, 0) is 20.8 Å². The Morgan fingerprint density at radius 3 is 2.44 bits per heavy atom. The summed E-state index contributed by atoms with van der Waals surface area (Å²) < 4.78 is 10.8. The second kappa shape index (κ2) is 13.4. The number of amides is 2. The van der Waals surface area contributed by atoms with Crippen LogP contribution < -0.4 is 10.6 Å². The predicted molar refractivity (Wildman–Crippen MR) is 138 cm³/mol. The number of benzene rings is 1. The minimum atomic E-state index is -0.656. The predicted octanol–water partition coefficient (Wildman–Crippen LogP) is 4.66. The van der Waals surface area contributed by atoms with Crippen molar-refractivity contribution >= 4 is 29.4 Å². The lowest BCUT2D eigenvalue weighted by Gasteiger charge is -2.26. The molecule has 2 N–H and O–H groups in total. The van der Waals surface area contributed by atoms with Crippen LogP contribution in [-0.4, -0.2) is 66.4 Å². The normalized spacial score (nSPS) is 18.8. The summed E-state index contributed by atoms with van der Waals surface area (Å²) in [7, 11) is 0. The van der Waals surface area contributed by atoms with Gasteiger partial charge in [-0.2, -0.15) is 11.8 Å². The Labute approximate surface area is 208 Å². The van der Waals surface area contributed by atoms with Gasteiger partial charge in [0.2, 0.25) is 5.91 Å². The van der Waals surface area contributed by atoms with E-state index < -0.39 is 17.7 Å². The van der Waals surface area contributed by atoms with E-state index >= 15 is 0 Å². The molecule has 1 aliphatic heterocycles. The summed E-state index contributed by atoms with van der Waals surface area (Å²) in [5.74, 6) is 2.04. The van der Waals surface area contributed by atoms with E-state index in [9.17, 15) is 9.59 Å². The Morgan fingerprint density at radius 2 is 1.79 bits per heavy atom. The molecule has 0 aromatic heterocycles. The molecule has 1 aromatic carbocycles. The van der Waals surface area contributed by atoms with Crippen molar-refractivity contribution < 1.29 is 19.1 Å². The molecule has 0 radical (unpaired) electrons. The zero-order chi connectivity index (χ0) is 24.4. The van der Waals surface area contributed by atoms with Gasteiger partial charge in [0.25, 0.3) is 0 Å². The van der Waals surface area contributed by atoms with Crippen LogP contribution in [0, 0.1) is 5.92 Å². The molecule has 190 valence electrons. The van der Waals surface area contributed by atoms with Gasteiger partial charge in [-0.05, 0) is 63.0 Å². The molecule has 1 saturated carbocycles. The number of morpholine rings is 1. The fourth-order valence-electron chi connectivity index (χ4n) is 4.28. The first-order chi connectivity index (χ1) is 16.3. The van der Waals surface area contributed by atoms with Crippen LogP contribution in [0.2, 0.25) is 0 Å². The highest BCUT2D eigenvalue weighted by molar-refractivity contribution is 7.99. The van der Waals surface area contributed by atoms with Gasteiger partial charge in [-0.1, -0.05) is 31.4 Å². The van der Waals surface area contributed by atoms with E-state index in [0.717, 1.165) is 44.3 Å². The average Bonchev–Trinajstić information content (AvgIpc) is 2.80. The van der Waals surface area contributed by atoms with Gasteiger partial charge in [0.05, 0.1) is 13.2 Å². The van der Waals surface area contributed by atoms with E-state index in [4.69, 9.17) is 9.47 Å². The maximum Gasteiger partial charge on any atom is 0.408 e. The Morgan fingerprint density at radius 1 is 1.12 bits per heavy atom. The molecule has 3 rings (SSSR count). The summed E-state index contributed by atoms with van der Waals surface area (Å²) in [5.41, 5.74) is 1.31. The van der Waals surface area contributed by atoms with Gasteiger partial charge in [0.1, 0.15) is 11.6 Å². The van der Waals surface area contributed by atoms with Gasteiger partial charge in [0.15, 0.2) is 0 Å². The summed E-state index contributed by atoms with van der Waals surface area (Å²) in [5, 5.41) is 5.76. The number of nitrogens with zero attached hydrogens (tertiary/aromatic N) is 1. The lowest BCUT2D eigenvalue weighted by Crippen LogP contribution is -2.47. The van der Waals surface area contributed by atoms with E-state index in [0.29, 0.717) is 11.7 Å². The SMILES string of the molecule is CC(C)(C)OC(=O)N[C@@H](CSCC1CCCCC1)C(=O)Nc1ccc(CN2CCOCC2)cc1. The molecule has 1 atom stereocenters. The molecule has 34 heavy (non-hydrogen) atoms. The number of rotatable bonds is 9. The van der Waals surface area contributed by atoms with Crippen molar-refractivity contribution in [2.75, 3.05) is 43.1 Å². The summed E-state index contributed by atoms with van der Waals surface area (Å²) in [6.45, 7) is 9.76. The van der Waals surface area contributed by atoms with Crippen molar-refractivity contribution in [1.82, 2.24) is 10.2 Å². The molecule has 0 unspecified atom stereocenters. The Bertz CT molecular complexity index is 769. The molecule has 7 nitrogen and oxygen atoms in total. The molecule has 1 aromatic rings. The zero-order valence-corrected chi connectivity index (χ0v) is 21.8. The second-order valence-corrected chi connectivity index (χ2v) is 11.4. The number of ether oxygens (including phenoxy) is 2. The number of nitrogens with one attached hydrogen (secondary N) is 2. The molecule has 0 bridgehead atoms. The van der Waals surface area contributed by atoms with Crippen molar-refractivity contribution in [1.29, 1.82) is 0 Å². The van der Waals surface area contributed by atoms with Gasteiger partial charge >= 0.3 is 6.09 Å². The van der Waals surface area contributed by atoms with Crippen molar-refractivity contribution in [2.24, 2.45) is 5.92 Å². The first kappa shape index (κ1) is 26.8. The first-order valence-electron chi connectivity index (χ1n) is 12.6. The topological polar surface area (TPSA) is 79.9 Å². The van der Waals surface area contributed by atoms with E-state index in [1.54, 1.807) is 11.8 Å². The molecule has 2 aliphatic rings.